The highest BCUT2D eigenvalue weighted by Gasteiger charge is 2.29. The van der Waals surface area contributed by atoms with Crippen molar-refractivity contribution in [2.45, 2.75) is 29.4 Å². The Morgan fingerprint density at radius 3 is 0.591 bits per heavy atom. The predicted molar refractivity (Wildman–Crippen MR) is 211 cm³/mol. The first-order chi connectivity index (χ1) is 31.3. The molecule has 0 spiro atoms. The lowest BCUT2D eigenvalue weighted by atomic mass is 10.1. The van der Waals surface area contributed by atoms with Gasteiger partial charge in [0.15, 0.2) is 36.5 Å². The Morgan fingerprint density at radius 2 is 0.394 bits per heavy atom. The lowest BCUT2D eigenvalue weighted by Crippen LogP contribution is -3.61. The maximum absolute atomic E-state index is 8.49. The molecule has 8 aromatic rings. The van der Waals surface area contributed by atoms with Gasteiger partial charge in [-0.05, 0) is 168 Å². The summed E-state index contributed by atoms with van der Waals surface area (Å²) in [4.78, 5) is 8.03. The smallest absolute Gasteiger partial charge is 0.222 e. The highest BCUT2D eigenvalue weighted by Crippen LogP contribution is 2.34. The predicted octanol–water partition coefficient (Wildman–Crippen LogP) is -4.93. The fraction of sp³-hybridized carbons (Fsp3) is 0. The molecule has 0 saturated carbocycles. The van der Waals surface area contributed by atoms with Crippen molar-refractivity contribution in [3.8, 4) is 22.3 Å². The van der Waals surface area contributed by atoms with Gasteiger partial charge in [0, 0.05) is 0 Å². The molecule has 0 amide bonds. The molecule has 66 heavy (non-hydrogen) atoms. The van der Waals surface area contributed by atoms with Crippen molar-refractivity contribution >= 4 is 21.8 Å². The Bertz CT molecular complexity index is 2330. The molecule has 8 rings (SSSR count). The summed E-state index contributed by atoms with van der Waals surface area (Å²) in [6.07, 6.45) is 0. The van der Waals surface area contributed by atoms with E-state index in [1.54, 1.807) is 0 Å². The second-order valence-corrected chi connectivity index (χ2v) is 22.5. The van der Waals surface area contributed by atoms with Crippen LogP contribution >= 0.6 is 0 Å². The molecular weight excluding hydrogens is 1070 g/mol. The Kier molecular flexibility index (Phi) is 20.0. The van der Waals surface area contributed by atoms with E-state index in [9.17, 15) is 0 Å². The van der Waals surface area contributed by atoms with E-state index in [1.165, 1.54) is 58.8 Å². The van der Waals surface area contributed by atoms with Crippen LogP contribution in [0.3, 0.4) is 0 Å². The first kappa shape index (κ1) is 52.5. The molecule has 0 aromatic heterocycles. The zero-order valence-electron chi connectivity index (χ0n) is 34.0. The first-order valence-corrected chi connectivity index (χ1v) is 27.2. The molecular formula is C48H36Cl3IO12S2. The van der Waals surface area contributed by atoms with E-state index in [-0.39, 0.29) is 43.0 Å². The van der Waals surface area contributed by atoms with Gasteiger partial charge in [-0.15, -0.1) is 30.7 Å². The fourth-order valence-corrected chi connectivity index (χ4v) is 12.5. The molecule has 0 heterocycles. The van der Waals surface area contributed by atoms with E-state index in [1.807, 2.05) is 0 Å². The second kappa shape index (κ2) is 25.1. The fourth-order valence-electron chi connectivity index (χ4n) is 6.15. The van der Waals surface area contributed by atoms with Crippen molar-refractivity contribution in [1.29, 1.82) is 0 Å². The van der Waals surface area contributed by atoms with Gasteiger partial charge in [0.05, 0.1) is 21.8 Å². The van der Waals surface area contributed by atoms with Gasteiger partial charge in [0.25, 0.3) is 0 Å². The molecule has 0 bridgehead atoms. The minimum atomic E-state index is -4.94. The van der Waals surface area contributed by atoms with E-state index in [0.29, 0.717) is 0 Å². The monoisotopic (exact) mass is 1100 g/mol. The maximum Gasteiger partial charge on any atom is 0.357 e. The lowest BCUT2D eigenvalue weighted by Gasteiger charge is -2.17. The number of hydrogen-bond donors (Lipinski definition) is 0. The van der Waals surface area contributed by atoms with Crippen LogP contribution in [-0.4, -0.2) is 0 Å². The van der Waals surface area contributed by atoms with Gasteiger partial charge in [0.2, 0.25) is 0 Å². The minimum Gasteiger partial charge on any atom is -0.222 e. The van der Waals surface area contributed by atoms with Gasteiger partial charge in [-0.2, -0.15) is 0 Å². The molecule has 0 saturated heterocycles. The second-order valence-electron chi connectivity index (χ2n) is 13.2. The summed E-state index contributed by atoms with van der Waals surface area (Å²) >= 11 is -0.268. The molecule has 0 aliphatic heterocycles. The van der Waals surface area contributed by atoms with Crippen LogP contribution in [0.5, 0.6) is 0 Å². The minimum absolute atomic E-state index is 0.133. The highest BCUT2D eigenvalue weighted by atomic mass is 127. The van der Waals surface area contributed by atoms with E-state index >= 15 is 0 Å². The third-order valence-electron chi connectivity index (χ3n) is 8.67. The molecule has 0 aliphatic carbocycles. The van der Waals surface area contributed by atoms with Crippen molar-refractivity contribution in [2.75, 3.05) is 0 Å². The van der Waals surface area contributed by atoms with Gasteiger partial charge >= 0.3 is 21.2 Å². The van der Waals surface area contributed by atoms with Crippen LogP contribution in [0.15, 0.2) is 248 Å². The van der Waals surface area contributed by atoms with Crippen molar-refractivity contribution in [3.63, 3.8) is 0 Å². The Labute approximate surface area is 403 Å². The molecule has 0 fully saturated rings. The zero-order valence-corrected chi connectivity index (χ0v) is 40.1. The topological polar surface area (TPSA) is 277 Å². The third kappa shape index (κ3) is 19.1. The van der Waals surface area contributed by atoms with Gasteiger partial charge in [0.1, 0.15) is 0 Å². The highest BCUT2D eigenvalue weighted by molar-refractivity contribution is 7.97. The average molecular weight is 1100 g/mol. The summed E-state index contributed by atoms with van der Waals surface area (Å²) in [6, 6.07) is 80.1. The van der Waals surface area contributed by atoms with Crippen molar-refractivity contribution in [1.82, 2.24) is 0 Å². The van der Waals surface area contributed by atoms with E-state index < -0.39 is 30.7 Å². The molecule has 8 aromatic carbocycles. The van der Waals surface area contributed by atoms with Crippen LogP contribution in [0.4, 0.5) is 0 Å². The summed E-state index contributed by atoms with van der Waals surface area (Å²) in [5, 5.41) is 0. The third-order valence-corrected chi connectivity index (χ3v) is 15.8. The van der Waals surface area contributed by atoms with Crippen LogP contribution in [0.1, 0.15) is 0 Å². The largest absolute Gasteiger partial charge is 0.357 e. The maximum atomic E-state index is 8.49. The number of rotatable bonds is 10. The van der Waals surface area contributed by atoms with Crippen molar-refractivity contribution < 1.29 is 108 Å². The number of hydrogen-bond acceptors (Lipinski definition) is 12. The summed E-state index contributed by atoms with van der Waals surface area (Å²) in [7, 11) is -15.1. The normalized spacial score (nSPS) is 11.4. The summed E-state index contributed by atoms with van der Waals surface area (Å²) in [5.41, 5.74) is 5.02. The van der Waals surface area contributed by atoms with E-state index in [2.05, 4.69) is 218 Å². The summed E-state index contributed by atoms with van der Waals surface area (Å²) < 4.78 is 105. The van der Waals surface area contributed by atoms with Crippen molar-refractivity contribution in [2.24, 2.45) is 0 Å². The molecule has 18 heteroatoms. The van der Waals surface area contributed by atoms with Crippen LogP contribution in [0.2, 0.25) is 0 Å². The molecule has 340 valence electrons. The van der Waals surface area contributed by atoms with Crippen LogP contribution in [0.25, 0.3) is 22.3 Å². The molecule has 0 aliphatic rings. The average Bonchev–Trinajstić information content (AvgIpc) is 3.28. The molecule has 0 N–H and O–H groups in total. The summed E-state index contributed by atoms with van der Waals surface area (Å²) in [5.74, 6) is 0. The Morgan fingerprint density at radius 1 is 0.227 bits per heavy atom. The molecule has 12 nitrogen and oxygen atoms in total. The molecule has 0 atom stereocenters. The van der Waals surface area contributed by atoms with Gasteiger partial charge in [-0.1, -0.05) is 72.8 Å². The van der Waals surface area contributed by atoms with Gasteiger partial charge in [-0.25, -0.2) is 55.9 Å². The summed E-state index contributed by atoms with van der Waals surface area (Å²) in [6.45, 7) is 0. The SMILES string of the molecule is [O-][Cl+3]([O-])([O-])[O-].[O-][Cl+3]([O-])([O-])[O-].[O-][Cl+3]([O-])([O-])[O-].c1ccc([S+](c2ccccc2)c2ccc(-c3ccc([I+]c4ccc(-c5ccc([S+](c6ccccc6)c6ccccc6)cc5)cc4)cc3)cc2)cc1. The zero-order chi connectivity index (χ0) is 47.7. The van der Waals surface area contributed by atoms with Crippen LogP contribution in [-0.2, 0) is 21.8 Å². The Balaban J connectivity index is 0.000000474. The van der Waals surface area contributed by atoms with Crippen molar-refractivity contribution in [3.05, 3.63) is 226 Å². The van der Waals surface area contributed by atoms with Crippen LogP contribution in [0, 0.1) is 37.9 Å². The molecule has 0 radical (unpaired) electrons. The van der Waals surface area contributed by atoms with E-state index in [0.717, 1.165) is 0 Å². The first-order valence-electron chi connectivity index (χ1n) is 18.9. The number of halogens is 4. The standard InChI is InChI=1S/C48H36IS2.3ClHO4/c1-5-13-43(14-6-1)50(44-15-7-2-8-16-44)47-33-25-39(26-34-47)37-21-29-41(30-22-37)49-42-31-23-38(24-32-42)40-27-35-48(36-28-40)51(45-17-9-3-10-18-45)46-19-11-4-12-20-46;3*2-1(3,4)5/h1-36H;3*(H,2,3,4,5)/q+3;;;/p-3. The van der Waals surface area contributed by atoms with Gasteiger partial charge < -0.3 is 0 Å². The Hall–Kier alpha value is -4.42. The number of benzene rings is 8. The quantitative estimate of drug-likeness (QED) is 0.0921. The van der Waals surface area contributed by atoms with Gasteiger partial charge in [-0.3, -0.25) is 0 Å². The van der Waals surface area contributed by atoms with E-state index in [4.69, 9.17) is 55.9 Å². The lowest BCUT2D eigenvalue weighted by molar-refractivity contribution is -2.00. The van der Waals surface area contributed by atoms with Crippen LogP contribution < -0.4 is 77.1 Å². The molecule has 0 unspecified atom stereocenters.